The maximum Gasteiger partial charge on any atom is 0.338 e. The summed E-state index contributed by atoms with van der Waals surface area (Å²) < 4.78 is 10.7. The molecule has 1 aromatic heterocycles. The first-order valence-electron chi connectivity index (χ1n) is 9.06. The molecule has 28 heavy (non-hydrogen) atoms. The maximum absolute atomic E-state index is 12.2. The lowest BCUT2D eigenvalue weighted by molar-refractivity contribution is -0.119. The Bertz CT molecular complexity index is 962. The Hall–Kier alpha value is -3.41. The van der Waals surface area contributed by atoms with Crippen LogP contribution in [-0.2, 0) is 9.53 Å². The average molecular weight is 378 g/mol. The van der Waals surface area contributed by atoms with Gasteiger partial charge in [0.1, 0.15) is 5.75 Å². The lowest BCUT2D eigenvalue weighted by Gasteiger charge is -2.10. The summed E-state index contributed by atoms with van der Waals surface area (Å²) in [5.74, 6) is 0.125. The number of carbonyl (C=O) groups is 2. The number of hydrogen-bond donors (Lipinski definition) is 1. The van der Waals surface area contributed by atoms with Crippen molar-refractivity contribution in [3.05, 3.63) is 66.4 Å². The van der Waals surface area contributed by atoms with Crippen LogP contribution in [0.2, 0.25) is 0 Å². The van der Waals surface area contributed by atoms with Crippen LogP contribution in [0.15, 0.2) is 60.8 Å². The third-order valence-electron chi connectivity index (χ3n) is 3.93. The number of aromatic nitrogens is 1. The molecule has 6 heteroatoms. The van der Waals surface area contributed by atoms with Gasteiger partial charge in [-0.15, -0.1) is 0 Å². The van der Waals surface area contributed by atoms with Crippen LogP contribution in [0, 0.1) is 5.92 Å². The van der Waals surface area contributed by atoms with Gasteiger partial charge < -0.3 is 14.8 Å². The highest BCUT2D eigenvalue weighted by Gasteiger charge is 2.12. The zero-order valence-electron chi connectivity index (χ0n) is 15.8. The molecule has 0 spiro atoms. The minimum atomic E-state index is -0.565. The van der Waals surface area contributed by atoms with Gasteiger partial charge in [-0.25, -0.2) is 4.79 Å². The van der Waals surface area contributed by atoms with Gasteiger partial charge in [0.25, 0.3) is 5.91 Å². The first kappa shape index (κ1) is 19.4. The quantitative estimate of drug-likeness (QED) is 0.627. The summed E-state index contributed by atoms with van der Waals surface area (Å²) in [6.07, 6.45) is 1.69. The van der Waals surface area contributed by atoms with Crippen LogP contribution in [-0.4, -0.2) is 30.1 Å². The van der Waals surface area contributed by atoms with E-state index < -0.39 is 11.9 Å². The number of carbonyl (C=O) groups excluding carboxylic acids is 2. The Labute approximate surface area is 163 Å². The summed E-state index contributed by atoms with van der Waals surface area (Å²) in [5.41, 5.74) is 1.76. The van der Waals surface area contributed by atoms with Gasteiger partial charge in [-0.1, -0.05) is 19.9 Å². The van der Waals surface area contributed by atoms with Crippen molar-refractivity contribution in [1.29, 1.82) is 0 Å². The number of amides is 1. The number of nitrogens with zero attached hydrogens (tertiary/aromatic N) is 1. The van der Waals surface area contributed by atoms with Gasteiger partial charge in [0.15, 0.2) is 6.61 Å². The molecule has 0 aliphatic rings. The zero-order chi connectivity index (χ0) is 19.9. The van der Waals surface area contributed by atoms with Gasteiger partial charge in [0.2, 0.25) is 0 Å². The van der Waals surface area contributed by atoms with E-state index in [9.17, 15) is 9.59 Å². The molecule has 6 nitrogen and oxygen atoms in total. The number of pyridine rings is 1. The molecule has 0 bridgehead atoms. The van der Waals surface area contributed by atoms with Crippen molar-refractivity contribution in [3.8, 4) is 5.75 Å². The molecule has 0 aliphatic carbocycles. The molecule has 1 heterocycles. The van der Waals surface area contributed by atoms with Crippen molar-refractivity contribution < 1.29 is 19.1 Å². The highest BCUT2D eigenvalue weighted by molar-refractivity contribution is 6.02. The largest absolute Gasteiger partial charge is 0.493 e. The number of rotatable bonds is 7. The van der Waals surface area contributed by atoms with Gasteiger partial charge in [-0.05, 0) is 54.4 Å². The van der Waals surface area contributed by atoms with Crippen molar-refractivity contribution in [1.82, 2.24) is 4.98 Å². The molecule has 0 fully saturated rings. The fourth-order valence-electron chi connectivity index (χ4n) is 2.56. The van der Waals surface area contributed by atoms with E-state index in [0.29, 0.717) is 29.5 Å². The Morgan fingerprint density at radius 3 is 2.57 bits per heavy atom. The summed E-state index contributed by atoms with van der Waals surface area (Å²) in [7, 11) is 0. The number of nitrogens with one attached hydrogen (secondary N) is 1. The van der Waals surface area contributed by atoms with Crippen LogP contribution in [0.4, 0.5) is 5.69 Å². The van der Waals surface area contributed by atoms with Gasteiger partial charge in [-0.3, -0.25) is 9.78 Å². The topological polar surface area (TPSA) is 77.5 Å². The molecule has 0 saturated carbocycles. The fourth-order valence-corrected chi connectivity index (χ4v) is 2.56. The first-order chi connectivity index (χ1) is 13.5. The van der Waals surface area contributed by atoms with Gasteiger partial charge in [0, 0.05) is 11.6 Å². The number of anilines is 1. The number of hydrogen-bond acceptors (Lipinski definition) is 5. The van der Waals surface area contributed by atoms with E-state index in [4.69, 9.17) is 9.47 Å². The van der Waals surface area contributed by atoms with E-state index >= 15 is 0 Å². The molecule has 3 aromatic rings. The van der Waals surface area contributed by atoms with Crippen molar-refractivity contribution in [2.45, 2.75) is 13.8 Å². The van der Waals surface area contributed by atoms with Crippen molar-refractivity contribution in [2.75, 3.05) is 18.5 Å². The Balaban J connectivity index is 1.54. The third-order valence-corrected chi connectivity index (χ3v) is 3.93. The predicted molar refractivity (Wildman–Crippen MR) is 107 cm³/mol. The number of benzene rings is 2. The van der Waals surface area contributed by atoms with Crippen LogP contribution in [0.1, 0.15) is 24.2 Å². The van der Waals surface area contributed by atoms with Gasteiger partial charge >= 0.3 is 5.97 Å². The molecule has 1 N–H and O–H groups in total. The molecule has 1 amide bonds. The SMILES string of the molecule is CC(C)COc1ccc(C(=O)OCC(=O)Nc2cccc3ncccc23)cc1. The number of esters is 1. The Morgan fingerprint density at radius 2 is 1.82 bits per heavy atom. The lowest BCUT2D eigenvalue weighted by Crippen LogP contribution is -2.21. The molecule has 2 aromatic carbocycles. The van der Waals surface area contributed by atoms with Crippen LogP contribution < -0.4 is 10.1 Å². The van der Waals surface area contributed by atoms with E-state index in [1.165, 1.54) is 0 Å². The first-order valence-corrected chi connectivity index (χ1v) is 9.06. The second-order valence-corrected chi connectivity index (χ2v) is 6.73. The molecular weight excluding hydrogens is 356 g/mol. The predicted octanol–water partition coefficient (Wildman–Crippen LogP) is 4.07. The molecule has 3 rings (SSSR count). The second-order valence-electron chi connectivity index (χ2n) is 6.73. The normalized spacial score (nSPS) is 10.7. The van der Waals surface area contributed by atoms with Crippen molar-refractivity contribution in [2.24, 2.45) is 5.92 Å². The average Bonchev–Trinajstić information content (AvgIpc) is 2.71. The Morgan fingerprint density at radius 1 is 1.04 bits per heavy atom. The van der Waals surface area contributed by atoms with E-state index in [0.717, 1.165) is 10.9 Å². The Kier molecular flexibility index (Phi) is 6.22. The number of ether oxygens (including phenoxy) is 2. The van der Waals surface area contributed by atoms with E-state index in [1.807, 2.05) is 12.1 Å². The molecular formula is C22H22N2O4. The van der Waals surface area contributed by atoms with E-state index in [-0.39, 0.29) is 6.61 Å². The summed E-state index contributed by atoms with van der Waals surface area (Å²) in [4.78, 5) is 28.6. The molecule has 0 unspecified atom stereocenters. The summed E-state index contributed by atoms with van der Waals surface area (Å²) in [6, 6.07) is 15.8. The van der Waals surface area contributed by atoms with E-state index in [2.05, 4.69) is 24.1 Å². The molecule has 0 aliphatic heterocycles. The van der Waals surface area contributed by atoms with Crippen LogP contribution >= 0.6 is 0 Å². The highest BCUT2D eigenvalue weighted by atomic mass is 16.5. The zero-order valence-corrected chi connectivity index (χ0v) is 15.8. The summed E-state index contributed by atoms with van der Waals surface area (Å²) in [6.45, 7) is 4.35. The van der Waals surface area contributed by atoms with Gasteiger partial charge in [-0.2, -0.15) is 0 Å². The molecule has 0 saturated heterocycles. The standard InChI is InChI=1S/C22H22N2O4/c1-15(2)13-27-17-10-8-16(9-11-17)22(26)28-14-21(25)24-20-7-3-6-19-18(20)5-4-12-23-19/h3-12,15H,13-14H2,1-2H3,(H,24,25). The van der Waals surface area contributed by atoms with Crippen LogP contribution in [0.5, 0.6) is 5.75 Å². The fraction of sp³-hybridized carbons (Fsp3) is 0.227. The van der Waals surface area contributed by atoms with Gasteiger partial charge in [0.05, 0.1) is 23.4 Å². The van der Waals surface area contributed by atoms with Crippen LogP contribution in [0.25, 0.3) is 10.9 Å². The van der Waals surface area contributed by atoms with Crippen molar-refractivity contribution in [3.63, 3.8) is 0 Å². The number of fused-ring (bicyclic) bond motifs is 1. The monoisotopic (exact) mass is 378 g/mol. The van der Waals surface area contributed by atoms with Crippen molar-refractivity contribution >= 4 is 28.5 Å². The molecule has 0 radical (unpaired) electrons. The lowest BCUT2D eigenvalue weighted by atomic mass is 10.2. The minimum absolute atomic E-state index is 0.360. The smallest absolute Gasteiger partial charge is 0.338 e. The second kappa shape index (κ2) is 8.99. The summed E-state index contributed by atoms with van der Waals surface area (Å²) >= 11 is 0. The summed E-state index contributed by atoms with van der Waals surface area (Å²) in [5, 5.41) is 3.57. The maximum atomic E-state index is 12.2. The highest BCUT2D eigenvalue weighted by Crippen LogP contribution is 2.21. The molecule has 0 atom stereocenters. The minimum Gasteiger partial charge on any atom is -0.493 e. The van der Waals surface area contributed by atoms with E-state index in [1.54, 1.807) is 48.7 Å². The third kappa shape index (κ3) is 5.07. The molecule has 144 valence electrons. The van der Waals surface area contributed by atoms with Crippen LogP contribution in [0.3, 0.4) is 0 Å².